The molecular weight excluding hydrogens is 285 g/mol. The average molecular weight is 290 g/mol. The van der Waals surface area contributed by atoms with Gasteiger partial charge in [-0.2, -0.15) is 0 Å². The van der Waals surface area contributed by atoms with E-state index in [2.05, 4.69) is 0 Å². The molecule has 76 valence electrons. The smallest absolute Gasteiger partial charge is 0.0925 e. The highest BCUT2D eigenvalue weighted by molar-refractivity contribution is 6.62. The topological polar surface area (TPSA) is 0 Å². The van der Waals surface area contributed by atoms with Gasteiger partial charge in [0.05, 0.1) is 0 Å². The van der Waals surface area contributed by atoms with Crippen LogP contribution in [0.5, 0.6) is 0 Å². The van der Waals surface area contributed by atoms with Gasteiger partial charge in [0.15, 0.2) is 8.67 Å². The van der Waals surface area contributed by atoms with Crippen LogP contribution in [0.3, 0.4) is 0 Å². The number of hydrogen-bond acceptors (Lipinski definition) is 0. The minimum Gasteiger partial charge on any atom is -0.0925 e. The maximum atomic E-state index is 6.12. The van der Waals surface area contributed by atoms with Crippen LogP contribution in [0.25, 0.3) is 0 Å². The zero-order valence-electron chi connectivity index (χ0n) is 7.04. The van der Waals surface area contributed by atoms with E-state index in [1.54, 1.807) is 12.1 Å². The van der Waals surface area contributed by atoms with Crippen molar-refractivity contribution in [3.05, 3.63) is 33.8 Å². The van der Waals surface area contributed by atoms with Crippen LogP contribution in [0.4, 0.5) is 0 Å². The molecule has 0 N–H and O–H groups in total. The molecule has 0 aliphatic heterocycles. The molecule has 0 heterocycles. The lowest BCUT2D eigenvalue weighted by Crippen LogP contribution is -2.25. The van der Waals surface area contributed by atoms with Gasteiger partial charge in [0.25, 0.3) is 0 Å². The van der Waals surface area contributed by atoms with Crippen molar-refractivity contribution in [3.8, 4) is 0 Å². The number of benzene rings is 1. The molecule has 2 rings (SSSR count). The quantitative estimate of drug-likeness (QED) is 0.595. The van der Waals surface area contributed by atoms with E-state index >= 15 is 0 Å². The Kier molecular flexibility index (Phi) is 2.46. The van der Waals surface area contributed by atoms with Crippen LogP contribution in [-0.2, 0) is 8.67 Å². The maximum absolute atomic E-state index is 6.12. The van der Waals surface area contributed by atoms with Crippen LogP contribution < -0.4 is 0 Å². The third-order valence-electron chi connectivity index (χ3n) is 2.44. The second kappa shape index (κ2) is 3.09. The SMILES string of the molecule is Cc1c(Cl)cc2cc1C(Cl)(Cl)C2(Cl)Cl. The van der Waals surface area contributed by atoms with E-state index in [0.29, 0.717) is 16.1 Å². The largest absolute Gasteiger partial charge is 0.180 e. The molecule has 0 spiro atoms. The molecule has 0 saturated carbocycles. The van der Waals surface area contributed by atoms with Gasteiger partial charge < -0.3 is 0 Å². The summed E-state index contributed by atoms with van der Waals surface area (Å²) in [6.45, 7) is 1.83. The Hall–Kier alpha value is 0.670. The molecule has 1 aromatic carbocycles. The molecule has 0 amide bonds. The summed E-state index contributed by atoms with van der Waals surface area (Å²) in [4.78, 5) is 0. The first-order valence-electron chi connectivity index (χ1n) is 3.85. The fraction of sp³-hybridized carbons (Fsp3) is 0.333. The highest BCUT2D eigenvalue weighted by atomic mass is 35.5. The predicted octanol–water partition coefficient (Wildman–Crippen LogP) is 4.92. The number of hydrogen-bond donors (Lipinski definition) is 0. The molecule has 0 nitrogen and oxygen atoms in total. The number of alkyl halides is 4. The van der Waals surface area contributed by atoms with Crippen molar-refractivity contribution < 1.29 is 0 Å². The molecule has 2 bridgehead atoms. The van der Waals surface area contributed by atoms with E-state index in [1.165, 1.54) is 0 Å². The highest BCUT2D eigenvalue weighted by Gasteiger charge is 2.55. The van der Waals surface area contributed by atoms with E-state index in [-0.39, 0.29) is 0 Å². The summed E-state index contributed by atoms with van der Waals surface area (Å²) >= 11 is 30.4. The van der Waals surface area contributed by atoms with Crippen molar-refractivity contribution in [1.29, 1.82) is 0 Å². The second-order valence-corrected chi connectivity index (χ2v) is 6.34. The number of fused-ring (bicyclic) bond motifs is 2. The first-order chi connectivity index (χ1) is 6.28. The zero-order chi connectivity index (χ0) is 10.7. The summed E-state index contributed by atoms with van der Waals surface area (Å²) in [6.07, 6.45) is 0. The summed E-state index contributed by atoms with van der Waals surface area (Å²) in [5.41, 5.74) is 2.12. The lowest BCUT2D eigenvalue weighted by Gasteiger charge is -2.26. The van der Waals surface area contributed by atoms with Crippen molar-refractivity contribution in [1.82, 2.24) is 0 Å². The van der Waals surface area contributed by atoms with Crippen LogP contribution >= 0.6 is 58.0 Å². The third kappa shape index (κ3) is 1.22. The molecule has 1 aromatic rings. The summed E-state index contributed by atoms with van der Waals surface area (Å²) < 4.78 is -2.66. The summed E-state index contributed by atoms with van der Waals surface area (Å²) in [5.74, 6) is 0. The van der Waals surface area contributed by atoms with Crippen LogP contribution in [0.1, 0.15) is 16.7 Å². The number of rotatable bonds is 0. The molecule has 0 fully saturated rings. The van der Waals surface area contributed by atoms with E-state index < -0.39 is 8.67 Å². The third-order valence-corrected chi connectivity index (χ3v) is 5.20. The molecular formula is C9H5Cl5. The Balaban J connectivity index is 2.78. The Morgan fingerprint density at radius 1 is 1.00 bits per heavy atom. The van der Waals surface area contributed by atoms with Crippen LogP contribution in [0.2, 0.25) is 5.02 Å². The van der Waals surface area contributed by atoms with Gasteiger partial charge in [0.1, 0.15) is 0 Å². The Morgan fingerprint density at radius 3 is 2.14 bits per heavy atom. The van der Waals surface area contributed by atoms with Gasteiger partial charge >= 0.3 is 0 Å². The molecule has 5 heteroatoms. The molecule has 0 atom stereocenters. The van der Waals surface area contributed by atoms with Gasteiger partial charge in [-0.3, -0.25) is 0 Å². The van der Waals surface area contributed by atoms with E-state index in [0.717, 1.165) is 5.56 Å². The standard InChI is InChI=1S/C9H5Cl5/c1-4-6-2-5(3-7(4)10)8(11,12)9(6,13)14/h2-3H,1H3. The molecule has 0 radical (unpaired) electrons. The highest BCUT2D eigenvalue weighted by Crippen LogP contribution is 2.62. The van der Waals surface area contributed by atoms with Crippen LogP contribution in [0.15, 0.2) is 12.1 Å². The Labute approximate surface area is 107 Å². The van der Waals surface area contributed by atoms with E-state index in [1.807, 2.05) is 6.92 Å². The minimum atomic E-state index is -1.33. The fourth-order valence-corrected chi connectivity index (χ4v) is 2.79. The van der Waals surface area contributed by atoms with Gasteiger partial charge in [-0.1, -0.05) is 58.0 Å². The molecule has 0 aromatic heterocycles. The van der Waals surface area contributed by atoms with Gasteiger partial charge in [-0.05, 0) is 35.7 Å². The molecule has 0 unspecified atom stereocenters. The van der Waals surface area contributed by atoms with Crippen molar-refractivity contribution in [2.45, 2.75) is 15.6 Å². The minimum absolute atomic E-state index is 0.575. The second-order valence-electron chi connectivity index (χ2n) is 3.28. The summed E-state index contributed by atoms with van der Waals surface area (Å²) in [6, 6.07) is 3.47. The normalized spacial score (nSPS) is 21.3. The molecule has 1 aliphatic rings. The van der Waals surface area contributed by atoms with E-state index in [4.69, 9.17) is 58.0 Å². The molecule has 1 aliphatic carbocycles. The predicted molar refractivity (Wildman–Crippen MR) is 63.0 cm³/mol. The van der Waals surface area contributed by atoms with Crippen LogP contribution in [-0.4, -0.2) is 0 Å². The lowest BCUT2D eigenvalue weighted by molar-refractivity contribution is 0.775. The van der Waals surface area contributed by atoms with Crippen molar-refractivity contribution in [2.24, 2.45) is 0 Å². The Morgan fingerprint density at radius 2 is 1.57 bits per heavy atom. The molecule has 14 heavy (non-hydrogen) atoms. The fourth-order valence-electron chi connectivity index (χ4n) is 1.54. The van der Waals surface area contributed by atoms with Crippen molar-refractivity contribution in [3.63, 3.8) is 0 Å². The van der Waals surface area contributed by atoms with Crippen molar-refractivity contribution in [2.75, 3.05) is 0 Å². The monoisotopic (exact) mass is 288 g/mol. The van der Waals surface area contributed by atoms with Gasteiger partial charge in [0, 0.05) is 5.02 Å². The average Bonchev–Trinajstić information content (AvgIpc) is 2.21. The van der Waals surface area contributed by atoms with E-state index in [9.17, 15) is 0 Å². The number of halogens is 5. The molecule has 0 saturated heterocycles. The van der Waals surface area contributed by atoms with Gasteiger partial charge in [0.2, 0.25) is 0 Å². The summed E-state index contributed by atoms with van der Waals surface area (Å²) in [7, 11) is 0. The van der Waals surface area contributed by atoms with Crippen LogP contribution in [0, 0.1) is 6.92 Å². The first kappa shape index (κ1) is 11.2. The van der Waals surface area contributed by atoms with Gasteiger partial charge in [-0.25, -0.2) is 0 Å². The maximum Gasteiger partial charge on any atom is 0.180 e. The zero-order valence-corrected chi connectivity index (χ0v) is 10.8. The van der Waals surface area contributed by atoms with Gasteiger partial charge in [-0.15, -0.1) is 0 Å². The lowest BCUT2D eigenvalue weighted by atomic mass is 10.1. The Bertz CT molecular complexity index is 408. The first-order valence-corrected chi connectivity index (χ1v) is 5.74. The summed E-state index contributed by atoms with van der Waals surface area (Å²) in [5, 5.41) is 0.575. The van der Waals surface area contributed by atoms with Crippen molar-refractivity contribution >= 4 is 58.0 Å².